The van der Waals surface area contributed by atoms with Gasteiger partial charge in [0.1, 0.15) is 41.3 Å². The van der Waals surface area contributed by atoms with Crippen LogP contribution in [0.4, 0.5) is 35.1 Å². The van der Waals surface area contributed by atoms with Crippen LogP contribution in [-0.2, 0) is 9.47 Å². The molecule has 0 aromatic carbocycles. The molecule has 2 aliphatic rings. The third-order valence-electron chi connectivity index (χ3n) is 7.45. The van der Waals surface area contributed by atoms with Crippen molar-refractivity contribution in [1.82, 2.24) is 24.5 Å². The first-order chi connectivity index (χ1) is 18.9. The molecule has 0 amide bonds. The van der Waals surface area contributed by atoms with Crippen LogP contribution in [0.5, 0.6) is 0 Å². The molecule has 5 rings (SSSR count). The highest BCUT2D eigenvalue weighted by atomic mass is 19.4. The Balaban J connectivity index is 1.42. The van der Waals surface area contributed by atoms with Gasteiger partial charge in [-0.3, -0.25) is 0 Å². The number of rotatable bonds is 7. The van der Waals surface area contributed by atoms with Gasteiger partial charge >= 0.3 is 6.18 Å². The number of nitrogens with one attached hydrogen (secondary N) is 1. The second-order valence-electron chi connectivity index (χ2n) is 10.6. The maximum Gasteiger partial charge on any atom is 0.408 e. The zero-order valence-electron chi connectivity index (χ0n) is 22.5. The van der Waals surface area contributed by atoms with E-state index in [0.717, 1.165) is 24.3 Å². The van der Waals surface area contributed by atoms with Crippen molar-refractivity contribution < 1.29 is 32.1 Å². The van der Waals surface area contributed by atoms with Crippen molar-refractivity contribution in [2.24, 2.45) is 0 Å². The molecule has 10 nitrogen and oxygen atoms in total. The first kappa shape index (κ1) is 28.4. The fourth-order valence-electron chi connectivity index (χ4n) is 4.92. The van der Waals surface area contributed by atoms with Gasteiger partial charge in [0.2, 0.25) is 5.95 Å². The largest absolute Gasteiger partial charge is 0.408 e. The highest BCUT2D eigenvalue weighted by Gasteiger charge is 2.41. The number of aromatic nitrogens is 5. The summed E-state index contributed by atoms with van der Waals surface area (Å²) in [7, 11) is 0. The Bertz CT molecular complexity index is 1330. The van der Waals surface area contributed by atoms with Crippen molar-refractivity contribution >= 4 is 28.6 Å². The van der Waals surface area contributed by atoms with Crippen molar-refractivity contribution in [3.05, 3.63) is 30.4 Å². The minimum absolute atomic E-state index is 0.0654. The van der Waals surface area contributed by atoms with E-state index in [9.17, 15) is 22.7 Å². The first-order valence-electron chi connectivity index (χ1n) is 13.4. The number of imidazole rings is 1. The van der Waals surface area contributed by atoms with E-state index in [1.807, 2.05) is 0 Å². The van der Waals surface area contributed by atoms with Crippen LogP contribution in [0.25, 0.3) is 11.0 Å². The van der Waals surface area contributed by atoms with Gasteiger partial charge in [0.15, 0.2) is 6.29 Å². The maximum absolute atomic E-state index is 14.4. The summed E-state index contributed by atoms with van der Waals surface area (Å²) in [4.78, 5) is 19.1. The van der Waals surface area contributed by atoms with E-state index in [0.29, 0.717) is 25.4 Å². The van der Waals surface area contributed by atoms with Gasteiger partial charge in [-0.1, -0.05) is 0 Å². The van der Waals surface area contributed by atoms with Gasteiger partial charge in [0.25, 0.3) is 0 Å². The van der Waals surface area contributed by atoms with Gasteiger partial charge in [0.05, 0.1) is 23.9 Å². The molecular weight excluding hydrogens is 534 g/mol. The minimum atomic E-state index is -4.53. The highest BCUT2D eigenvalue weighted by molar-refractivity contribution is 5.79. The standard InChI is InChI=1S/C26H33F4N7O3/c1-15(40-22-6-4-5-11-39-22)23-33-17-13-32-21(12-18(17)37(23)16(2)26(28,29)30)34-20-7-9-31-24(35-20)36-10-8-25(3,38)19(27)14-36/h7,9,12-13,15-16,19,22,38H,4-6,8,10-11,14H2,1-3H3,(H,31,32,34,35). The van der Waals surface area contributed by atoms with Crippen LogP contribution in [0.1, 0.15) is 64.4 Å². The molecule has 5 heterocycles. The SMILES string of the molecule is CC(OC1CCCCO1)c1nc2cnc(Nc3ccnc(N4CCC(C)(O)C(F)C4)n3)cc2n1C(C)C(F)(F)F. The zero-order valence-corrected chi connectivity index (χ0v) is 22.5. The molecule has 2 saturated heterocycles. The quantitative estimate of drug-likeness (QED) is 0.382. The molecule has 5 atom stereocenters. The molecule has 0 saturated carbocycles. The van der Waals surface area contributed by atoms with E-state index in [2.05, 4.69) is 25.3 Å². The summed E-state index contributed by atoms with van der Waals surface area (Å²) in [5.41, 5.74) is -0.896. The Hall–Kier alpha value is -3.10. The molecular formula is C26H33F4N7O3. The predicted molar refractivity (Wildman–Crippen MR) is 139 cm³/mol. The lowest BCUT2D eigenvalue weighted by Gasteiger charge is -2.38. The topological polar surface area (TPSA) is 110 Å². The van der Waals surface area contributed by atoms with Gasteiger partial charge in [-0.15, -0.1) is 0 Å². The lowest BCUT2D eigenvalue weighted by atomic mass is 9.92. The van der Waals surface area contributed by atoms with Crippen LogP contribution in [0.3, 0.4) is 0 Å². The van der Waals surface area contributed by atoms with Crippen LogP contribution < -0.4 is 10.2 Å². The number of aliphatic hydroxyl groups is 1. The summed E-state index contributed by atoms with van der Waals surface area (Å²) < 4.78 is 69.0. The molecule has 5 unspecified atom stereocenters. The molecule has 3 aromatic rings. The molecule has 0 bridgehead atoms. The van der Waals surface area contributed by atoms with Gasteiger partial charge in [-0.25, -0.2) is 19.3 Å². The minimum Gasteiger partial charge on any atom is -0.387 e. The van der Waals surface area contributed by atoms with E-state index < -0.39 is 36.4 Å². The van der Waals surface area contributed by atoms with Crippen molar-refractivity contribution in [3.63, 3.8) is 0 Å². The number of fused-ring (bicyclic) bond motifs is 1. The normalized spacial score (nSPS) is 25.6. The smallest absolute Gasteiger partial charge is 0.387 e. The van der Waals surface area contributed by atoms with Crippen LogP contribution in [0.15, 0.2) is 24.5 Å². The summed E-state index contributed by atoms with van der Waals surface area (Å²) in [6, 6.07) is 1.18. The fourth-order valence-corrected chi connectivity index (χ4v) is 4.92. The Morgan fingerprint density at radius 1 is 1.20 bits per heavy atom. The van der Waals surface area contributed by atoms with Gasteiger partial charge in [-0.05, 0) is 52.5 Å². The summed E-state index contributed by atoms with van der Waals surface area (Å²) in [6.07, 6.45) is -1.65. The summed E-state index contributed by atoms with van der Waals surface area (Å²) in [5, 5.41) is 13.1. The Morgan fingerprint density at radius 2 is 2.00 bits per heavy atom. The lowest BCUT2D eigenvalue weighted by molar-refractivity contribution is -0.190. The first-order valence-corrected chi connectivity index (χ1v) is 13.4. The van der Waals surface area contributed by atoms with Gasteiger partial charge < -0.3 is 29.4 Å². The van der Waals surface area contributed by atoms with Crippen LogP contribution in [0, 0.1) is 0 Å². The Kier molecular flexibility index (Phi) is 7.86. The van der Waals surface area contributed by atoms with E-state index in [-0.39, 0.29) is 41.6 Å². The van der Waals surface area contributed by atoms with Crippen molar-refractivity contribution in [2.45, 2.75) is 82.8 Å². The molecule has 0 spiro atoms. The van der Waals surface area contributed by atoms with Gasteiger partial charge in [0, 0.05) is 25.4 Å². The number of hydrogen-bond acceptors (Lipinski definition) is 9. The summed E-state index contributed by atoms with van der Waals surface area (Å²) in [5.74, 6) is 0.955. The molecule has 2 aliphatic heterocycles. The molecule has 14 heteroatoms. The predicted octanol–water partition coefficient (Wildman–Crippen LogP) is 4.99. The van der Waals surface area contributed by atoms with E-state index in [1.165, 1.54) is 25.4 Å². The number of pyridine rings is 1. The third kappa shape index (κ3) is 5.98. The number of piperidine rings is 1. The third-order valence-corrected chi connectivity index (χ3v) is 7.45. The van der Waals surface area contributed by atoms with E-state index in [4.69, 9.17) is 9.47 Å². The Morgan fingerprint density at radius 3 is 2.70 bits per heavy atom. The maximum atomic E-state index is 14.4. The summed E-state index contributed by atoms with van der Waals surface area (Å²) in [6.45, 7) is 5.04. The van der Waals surface area contributed by atoms with Crippen LogP contribution in [-0.4, -0.2) is 73.5 Å². The van der Waals surface area contributed by atoms with E-state index >= 15 is 0 Å². The molecule has 3 aromatic heterocycles. The second kappa shape index (κ2) is 11.1. The highest BCUT2D eigenvalue weighted by Crippen LogP contribution is 2.37. The molecule has 2 N–H and O–H groups in total. The number of alkyl halides is 4. The van der Waals surface area contributed by atoms with Gasteiger partial charge in [-0.2, -0.15) is 18.2 Å². The van der Waals surface area contributed by atoms with Crippen molar-refractivity contribution in [2.75, 3.05) is 29.9 Å². The molecule has 2 fully saturated rings. The zero-order chi connectivity index (χ0) is 28.7. The van der Waals surface area contributed by atoms with Crippen molar-refractivity contribution in [1.29, 1.82) is 0 Å². The summed E-state index contributed by atoms with van der Waals surface area (Å²) >= 11 is 0. The van der Waals surface area contributed by atoms with Crippen molar-refractivity contribution in [3.8, 4) is 0 Å². The van der Waals surface area contributed by atoms with Crippen LogP contribution >= 0.6 is 0 Å². The number of anilines is 3. The number of ether oxygens (including phenoxy) is 2. The average molecular weight is 568 g/mol. The average Bonchev–Trinajstić information content (AvgIpc) is 3.29. The van der Waals surface area contributed by atoms with E-state index in [1.54, 1.807) is 17.9 Å². The van der Waals surface area contributed by atoms with Crippen LogP contribution in [0.2, 0.25) is 0 Å². The number of hydrogen-bond donors (Lipinski definition) is 2. The second-order valence-corrected chi connectivity index (χ2v) is 10.6. The fraction of sp³-hybridized carbons (Fsp3) is 0.615. The molecule has 40 heavy (non-hydrogen) atoms. The monoisotopic (exact) mass is 567 g/mol. The molecule has 218 valence electrons. The molecule has 0 radical (unpaired) electrons. The Labute approximate surface area is 228 Å². The number of nitrogens with zero attached hydrogens (tertiary/aromatic N) is 6. The molecule has 0 aliphatic carbocycles. The lowest BCUT2D eigenvalue weighted by Crippen LogP contribution is -2.52. The number of halogens is 4.